The van der Waals surface area contributed by atoms with Gasteiger partial charge in [0.1, 0.15) is 17.6 Å². The summed E-state index contributed by atoms with van der Waals surface area (Å²) < 4.78 is 15.6. The van der Waals surface area contributed by atoms with Crippen LogP contribution in [0.2, 0.25) is 10.0 Å². The molecule has 3 heterocycles. The number of likely N-dealkylation sites (tertiary alicyclic amines) is 1. The molecule has 4 aromatic rings. The minimum absolute atomic E-state index is 0.0221. The van der Waals surface area contributed by atoms with E-state index in [9.17, 15) is 9.65 Å². The van der Waals surface area contributed by atoms with Crippen molar-refractivity contribution >= 4 is 51.2 Å². The summed E-state index contributed by atoms with van der Waals surface area (Å²) in [4.78, 5) is 6.73. The third-order valence-corrected chi connectivity index (χ3v) is 7.16. The Morgan fingerprint density at radius 1 is 1.14 bits per heavy atom. The van der Waals surface area contributed by atoms with E-state index in [0.717, 1.165) is 31.0 Å². The summed E-state index contributed by atoms with van der Waals surface area (Å²) in [5.74, 6) is 0.0897. The van der Waals surface area contributed by atoms with Crippen LogP contribution in [0.1, 0.15) is 24.1 Å². The average Bonchev–Trinajstić information content (AvgIpc) is 3.34. The molecule has 0 amide bonds. The van der Waals surface area contributed by atoms with Crippen LogP contribution in [0.5, 0.6) is 0 Å². The Morgan fingerprint density at radius 2 is 1.92 bits per heavy atom. The number of hydrogen-bond donors (Lipinski definition) is 2. The van der Waals surface area contributed by atoms with E-state index in [-0.39, 0.29) is 5.02 Å². The molecule has 0 bridgehead atoms. The zero-order chi connectivity index (χ0) is 25.9. The van der Waals surface area contributed by atoms with Crippen molar-refractivity contribution in [3.8, 4) is 6.07 Å². The van der Waals surface area contributed by atoms with E-state index >= 15 is 0 Å². The zero-order valence-electron chi connectivity index (χ0n) is 20.2. The van der Waals surface area contributed by atoms with Crippen LogP contribution in [0, 0.1) is 23.1 Å². The van der Waals surface area contributed by atoms with Crippen LogP contribution >= 0.6 is 23.2 Å². The van der Waals surface area contributed by atoms with E-state index < -0.39 is 5.82 Å². The Bertz CT molecular complexity index is 1470. The molecule has 2 aromatic heterocycles. The summed E-state index contributed by atoms with van der Waals surface area (Å²) in [5.41, 5.74) is 3.44. The lowest BCUT2D eigenvalue weighted by Gasteiger charge is -2.28. The Kier molecular flexibility index (Phi) is 7.42. The fraction of sp³-hybridized carbons (Fsp3) is 0.308. The van der Waals surface area contributed by atoms with Gasteiger partial charge in [-0.25, -0.2) is 4.39 Å². The Hall–Kier alpha value is -3.45. The first-order valence-electron chi connectivity index (χ1n) is 12.0. The minimum atomic E-state index is -0.523. The number of benzene rings is 2. The second-order valence-corrected chi connectivity index (χ2v) is 10.1. The van der Waals surface area contributed by atoms with Gasteiger partial charge in [0.2, 0.25) is 0 Å². The molecule has 0 saturated carbocycles. The maximum atomic E-state index is 13.6. The predicted molar refractivity (Wildman–Crippen MR) is 144 cm³/mol. The van der Waals surface area contributed by atoms with E-state index in [1.165, 1.54) is 31.2 Å². The highest BCUT2D eigenvalue weighted by Gasteiger charge is 2.18. The van der Waals surface area contributed by atoms with Crippen LogP contribution in [-0.2, 0) is 13.1 Å². The maximum Gasteiger partial charge on any atom is 0.141 e. The smallest absolute Gasteiger partial charge is 0.141 e. The molecule has 0 atom stereocenters. The summed E-state index contributed by atoms with van der Waals surface area (Å²) in [6, 6.07) is 10.1. The van der Waals surface area contributed by atoms with Gasteiger partial charge in [-0.15, -0.1) is 5.10 Å². The number of halogens is 3. The van der Waals surface area contributed by atoms with Gasteiger partial charge in [0.15, 0.2) is 0 Å². The highest BCUT2D eigenvalue weighted by Crippen LogP contribution is 2.35. The lowest BCUT2D eigenvalue weighted by Crippen LogP contribution is -2.32. The van der Waals surface area contributed by atoms with Crippen LogP contribution < -0.4 is 10.6 Å². The number of piperidine rings is 1. The summed E-state index contributed by atoms with van der Waals surface area (Å²) in [6.45, 7) is 3.55. The third kappa shape index (κ3) is 5.77. The summed E-state index contributed by atoms with van der Waals surface area (Å²) in [6.07, 6.45) is 5.75. The summed E-state index contributed by atoms with van der Waals surface area (Å²) >= 11 is 12.5. The van der Waals surface area contributed by atoms with Crippen LogP contribution in [-0.4, -0.2) is 45.0 Å². The highest BCUT2D eigenvalue weighted by atomic mass is 35.5. The molecule has 190 valence electrons. The van der Waals surface area contributed by atoms with Gasteiger partial charge in [-0.3, -0.25) is 9.67 Å². The van der Waals surface area contributed by atoms with Crippen molar-refractivity contribution in [1.29, 1.82) is 5.26 Å². The Balaban J connectivity index is 1.36. The molecule has 0 unspecified atom stereocenters. The van der Waals surface area contributed by atoms with Gasteiger partial charge in [-0.1, -0.05) is 28.4 Å². The summed E-state index contributed by atoms with van der Waals surface area (Å²) in [7, 11) is 2.16. The van der Waals surface area contributed by atoms with Gasteiger partial charge < -0.3 is 15.5 Å². The first kappa shape index (κ1) is 25.2. The highest BCUT2D eigenvalue weighted by molar-refractivity contribution is 6.36. The van der Waals surface area contributed by atoms with E-state index in [1.54, 1.807) is 12.1 Å². The van der Waals surface area contributed by atoms with Gasteiger partial charge in [0.25, 0.3) is 0 Å². The number of nitrogens with zero attached hydrogens (tertiary/aromatic N) is 6. The normalized spacial score (nSPS) is 14.6. The number of nitrogens with one attached hydrogen (secondary N) is 2. The van der Waals surface area contributed by atoms with Crippen LogP contribution in [0.15, 0.2) is 42.7 Å². The number of anilines is 3. The molecule has 37 heavy (non-hydrogen) atoms. The average molecular weight is 539 g/mol. The molecular formula is C26H25Cl2FN8. The molecule has 0 radical (unpaired) electrons. The monoisotopic (exact) mass is 538 g/mol. The zero-order valence-corrected chi connectivity index (χ0v) is 21.7. The van der Waals surface area contributed by atoms with Crippen molar-refractivity contribution in [2.75, 3.05) is 30.8 Å². The van der Waals surface area contributed by atoms with Crippen molar-refractivity contribution < 1.29 is 4.39 Å². The fourth-order valence-corrected chi connectivity index (χ4v) is 4.96. The van der Waals surface area contributed by atoms with Crippen molar-refractivity contribution in [2.45, 2.75) is 25.9 Å². The van der Waals surface area contributed by atoms with Crippen LogP contribution in [0.4, 0.5) is 21.5 Å². The SMILES string of the molecule is CN1CCC(Cn2cc(CNc3cc(Cl)c4ncc(C#N)c(Nc5ccc(F)c(Cl)c5)c4c3)nn2)CC1. The second kappa shape index (κ2) is 10.9. The largest absolute Gasteiger partial charge is 0.379 e. The number of rotatable bonds is 7. The maximum absolute atomic E-state index is 13.6. The molecule has 8 nitrogen and oxygen atoms in total. The van der Waals surface area contributed by atoms with E-state index in [4.69, 9.17) is 23.2 Å². The number of fused-ring (bicyclic) bond motifs is 1. The third-order valence-electron chi connectivity index (χ3n) is 6.58. The number of aromatic nitrogens is 4. The molecular weight excluding hydrogens is 514 g/mol. The van der Waals surface area contributed by atoms with E-state index in [2.05, 4.69) is 43.9 Å². The fourth-order valence-electron chi connectivity index (χ4n) is 4.51. The molecule has 2 aromatic carbocycles. The molecule has 2 N–H and O–H groups in total. The lowest BCUT2D eigenvalue weighted by atomic mass is 9.97. The topological polar surface area (TPSA) is 94.7 Å². The second-order valence-electron chi connectivity index (χ2n) is 9.30. The molecule has 1 saturated heterocycles. The molecule has 1 fully saturated rings. The molecule has 0 spiro atoms. The van der Waals surface area contributed by atoms with Crippen molar-refractivity contribution in [2.24, 2.45) is 5.92 Å². The number of nitriles is 1. The lowest BCUT2D eigenvalue weighted by molar-refractivity contribution is 0.200. The molecule has 1 aliphatic rings. The van der Waals surface area contributed by atoms with Gasteiger partial charge in [-0.2, -0.15) is 5.26 Å². The van der Waals surface area contributed by atoms with Crippen LogP contribution in [0.3, 0.4) is 0 Å². The van der Waals surface area contributed by atoms with Gasteiger partial charge in [0.05, 0.1) is 39.6 Å². The quantitative estimate of drug-likeness (QED) is 0.305. The van der Waals surface area contributed by atoms with Crippen molar-refractivity contribution in [3.63, 3.8) is 0 Å². The first-order valence-corrected chi connectivity index (χ1v) is 12.7. The van der Waals surface area contributed by atoms with Crippen LogP contribution in [0.25, 0.3) is 10.9 Å². The van der Waals surface area contributed by atoms with Crippen molar-refractivity contribution in [3.05, 3.63) is 69.8 Å². The van der Waals surface area contributed by atoms with E-state index in [0.29, 0.717) is 45.3 Å². The minimum Gasteiger partial charge on any atom is -0.379 e. The summed E-state index contributed by atoms with van der Waals surface area (Å²) in [5, 5.41) is 25.9. The number of pyridine rings is 1. The van der Waals surface area contributed by atoms with E-state index in [1.807, 2.05) is 16.9 Å². The van der Waals surface area contributed by atoms with Gasteiger partial charge >= 0.3 is 0 Å². The molecule has 0 aliphatic carbocycles. The van der Waals surface area contributed by atoms with Crippen molar-refractivity contribution in [1.82, 2.24) is 24.9 Å². The predicted octanol–water partition coefficient (Wildman–Crippen LogP) is 5.84. The Morgan fingerprint density at radius 3 is 2.68 bits per heavy atom. The van der Waals surface area contributed by atoms with Gasteiger partial charge in [-0.05, 0) is 69.2 Å². The molecule has 11 heteroatoms. The number of hydrogen-bond acceptors (Lipinski definition) is 7. The molecule has 1 aliphatic heterocycles. The standard InChI is InChI=1S/C26H25Cl2FN8/c1-36-6-4-16(5-7-36)14-37-15-20(34-35-37)13-31-19-8-21-25(33-18-2-3-24(29)22(27)9-18)17(11-30)12-32-26(21)23(28)10-19/h2-3,8-10,12,15-16,31H,4-7,13-14H2,1H3,(H,32,33). The molecule has 5 rings (SSSR count). The van der Waals surface area contributed by atoms with Gasteiger partial charge in [0, 0.05) is 29.5 Å². The first-order chi connectivity index (χ1) is 17.9. The Labute approximate surface area is 224 Å².